The molecule has 1 aromatic heterocycles. The maximum atomic E-state index is 14.4. The fourth-order valence-electron chi connectivity index (χ4n) is 4.74. The first kappa shape index (κ1) is 23.6. The fourth-order valence-corrected chi connectivity index (χ4v) is 5.17. The lowest BCUT2D eigenvalue weighted by molar-refractivity contribution is 0.0335. The topological polar surface area (TPSA) is 76.6 Å². The minimum absolute atomic E-state index is 0.113. The number of aromatic nitrogens is 2. The van der Waals surface area contributed by atoms with Crippen LogP contribution in [0.15, 0.2) is 29.4 Å². The molecule has 2 aliphatic rings. The normalized spacial score (nSPS) is 21.9. The van der Waals surface area contributed by atoms with Crippen molar-refractivity contribution in [2.45, 2.75) is 69.5 Å². The van der Waals surface area contributed by atoms with Gasteiger partial charge in [-0.05, 0) is 76.8 Å². The van der Waals surface area contributed by atoms with Gasteiger partial charge in [0.05, 0.1) is 24.0 Å². The van der Waals surface area contributed by atoms with E-state index < -0.39 is 0 Å². The van der Waals surface area contributed by atoms with Crippen LogP contribution in [0, 0.1) is 18.7 Å². The maximum absolute atomic E-state index is 14.4. The van der Waals surface area contributed by atoms with Gasteiger partial charge in [-0.3, -0.25) is 0 Å². The number of carbonyl (C=O) groups excluding carboxylic acids is 1. The van der Waals surface area contributed by atoms with E-state index in [1.165, 1.54) is 24.2 Å². The third-order valence-electron chi connectivity index (χ3n) is 6.30. The third kappa shape index (κ3) is 5.34. The summed E-state index contributed by atoms with van der Waals surface area (Å²) in [6.07, 6.45) is 6.83. The number of nitrogens with zero attached hydrogens (tertiary/aromatic N) is 3. The van der Waals surface area contributed by atoms with E-state index in [9.17, 15) is 9.18 Å². The van der Waals surface area contributed by atoms with Crippen molar-refractivity contribution in [2.75, 3.05) is 18.2 Å². The van der Waals surface area contributed by atoms with E-state index in [0.29, 0.717) is 29.9 Å². The summed E-state index contributed by atoms with van der Waals surface area (Å²) >= 11 is 1.49. The van der Waals surface area contributed by atoms with Crippen LogP contribution in [-0.4, -0.2) is 52.0 Å². The van der Waals surface area contributed by atoms with E-state index in [1.807, 2.05) is 38.0 Å². The summed E-state index contributed by atoms with van der Waals surface area (Å²) < 4.78 is 25.9. The van der Waals surface area contributed by atoms with E-state index in [0.717, 1.165) is 36.1 Å². The Bertz CT molecular complexity index is 992. The number of carbonyl (C=O) groups is 1. The molecule has 3 heterocycles. The van der Waals surface area contributed by atoms with Gasteiger partial charge in [-0.1, -0.05) is 0 Å². The highest BCUT2D eigenvalue weighted by atomic mass is 32.2. The lowest BCUT2D eigenvalue weighted by Gasteiger charge is -2.38. The summed E-state index contributed by atoms with van der Waals surface area (Å²) in [6, 6.07) is 5.48. The number of ether oxygens (including phenoxy) is 2. The quantitative estimate of drug-likeness (QED) is 0.527. The molecule has 1 aromatic carbocycles. The van der Waals surface area contributed by atoms with Crippen LogP contribution in [0.2, 0.25) is 0 Å². The summed E-state index contributed by atoms with van der Waals surface area (Å²) in [5.74, 6) is 1.01. The zero-order valence-corrected chi connectivity index (χ0v) is 20.3. The number of halogens is 1. The molecule has 2 unspecified atom stereocenters. The van der Waals surface area contributed by atoms with E-state index in [-0.39, 0.29) is 30.1 Å². The predicted molar refractivity (Wildman–Crippen MR) is 127 cm³/mol. The van der Waals surface area contributed by atoms with Crippen molar-refractivity contribution >= 4 is 29.4 Å². The number of benzene rings is 1. The maximum Gasteiger partial charge on any atom is 0.410 e. The average molecular weight is 475 g/mol. The lowest BCUT2D eigenvalue weighted by atomic mass is 9.92. The van der Waals surface area contributed by atoms with Crippen molar-refractivity contribution in [3.8, 4) is 5.88 Å². The SMILES string of the molecule is CSc1ccc(Nc2ncnc(OCC3CC4CCC(C3)N4C(=O)OC(C)C)c2C)c(F)c1. The van der Waals surface area contributed by atoms with E-state index in [4.69, 9.17) is 9.47 Å². The number of piperidine rings is 1. The molecule has 178 valence electrons. The molecule has 2 aromatic rings. The highest BCUT2D eigenvalue weighted by Crippen LogP contribution is 2.39. The number of nitrogens with one attached hydrogen (secondary N) is 1. The Morgan fingerprint density at radius 1 is 1.27 bits per heavy atom. The van der Waals surface area contributed by atoms with Crippen LogP contribution in [0.3, 0.4) is 0 Å². The van der Waals surface area contributed by atoms with Gasteiger partial charge in [-0.25, -0.2) is 19.2 Å². The van der Waals surface area contributed by atoms with Crippen LogP contribution < -0.4 is 10.1 Å². The summed E-state index contributed by atoms with van der Waals surface area (Å²) in [6.45, 7) is 6.14. The van der Waals surface area contributed by atoms with Gasteiger partial charge in [0.1, 0.15) is 18.0 Å². The molecule has 2 aliphatic heterocycles. The second kappa shape index (κ2) is 10.2. The van der Waals surface area contributed by atoms with E-state index in [1.54, 1.807) is 6.07 Å². The molecular weight excluding hydrogens is 443 g/mol. The second-order valence-electron chi connectivity index (χ2n) is 9.00. The molecule has 0 spiro atoms. The highest BCUT2D eigenvalue weighted by molar-refractivity contribution is 7.98. The van der Waals surface area contributed by atoms with Crippen molar-refractivity contribution in [3.63, 3.8) is 0 Å². The zero-order chi connectivity index (χ0) is 23.5. The van der Waals surface area contributed by atoms with E-state index >= 15 is 0 Å². The molecule has 2 fully saturated rings. The van der Waals surface area contributed by atoms with Gasteiger partial charge in [-0.2, -0.15) is 0 Å². The molecule has 1 amide bonds. The van der Waals surface area contributed by atoms with Crippen LogP contribution in [0.25, 0.3) is 0 Å². The molecule has 0 radical (unpaired) electrons. The van der Waals surface area contributed by atoms with Crippen LogP contribution in [0.5, 0.6) is 5.88 Å². The standard InChI is InChI=1S/C24H31FN4O3S/c1-14(2)32-24(30)29-17-5-6-18(29)10-16(9-17)12-31-23-15(3)22(26-13-27-23)28-21-8-7-19(33-4)11-20(21)25/h7-8,11,13-14,16-18H,5-6,9-10,12H2,1-4H3,(H,26,27,28). The molecule has 9 heteroatoms. The molecule has 7 nitrogen and oxygen atoms in total. The predicted octanol–water partition coefficient (Wildman–Crippen LogP) is 5.56. The third-order valence-corrected chi connectivity index (χ3v) is 7.03. The molecule has 4 rings (SSSR count). The Labute approximate surface area is 198 Å². The van der Waals surface area contributed by atoms with Gasteiger partial charge in [0.2, 0.25) is 5.88 Å². The zero-order valence-electron chi connectivity index (χ0n) is 19.5. The number of thioether (sulfide) groups is 1. The first-order valence-electron chi connectivity index (χ1n) is 11.4. The second-order valence-corrected chi connectivity index (χ2v) is 9.88. The lowest BCUT2D eigenvalue weighted by Crippen LogP contribution is -2.48. The molecule has 2 atom stereocenters. The largest absolute Gasteiger partial charge is 0.477 e. The monoisotopic (exact) mass is 474 g/mol. The fraction of sp³-hybridized carbons (Fsp3) is 0.542. The Morgan fingerprint density at radius 3 is 2.64 bits per heavy atom. The van der Waals surface area contributed by atoms with E-state index in [2.05, 4.69) is 15.3 Å². The van der Waals surface area contributed by atoms with Crippen molar-refractivity contribution < 1.29 is 18.7 Å². The number of hydrogen-bond donors (Lipinski definition) is 1. The minimum atomic E-state index is -0.333. The highest BCUT2D eigenvalue weighted by Gasteiger charge is 2.44. The average Bonchev–Trinajstić information content (AvgIpc) is 3.05. The molecule has 0 saturated carbocycles. The smallest absolute Gasteiger partial charge is 0.410 e. The number of rotatable bonds is 7. The van der Waals surface area contributed by atoms with Crippen molar-refractivity contribution in [1.82, 2.24) is 14.9 Å². The molecule has 0 aliphatic carbocycles. The Hall–Kier alpha value is -2.55. The van der Waals surface area contributed by atoms with Gasteiger partial charge in [0, 0.05) is 17.0 Å². The van der Waals surface area contributed by atoms with Gasteiger partial charge in [-0.15, -0.1) is 11.8 Å². The summed E-state index contributed by atoms with van der Waals surface area (Å²) in [5.41, 5.74) is 1.09. The van der Waals surface area contributed by atoms with Crippen LogP contribution in [0.4, 0.5) is 20.7 Å². The van der Waals surface area contributed by atoms with Gasteiger partial charge >= 0.3 is 6.09 Å². The minimum Gasteiger partial charge on any atom is -0.477 e. The van der Waals surface area contributed by atoms with Gasteiger partial charge in [0.15, 0.2) is 0 Å². The molecule has 1 N–H and O–H groups in total. The Balaban J connectivity index is 1.38. The molecule has 33 heavy (non-hydrogen) atoms. The molecule has 2 bridgehead atoms. The van der Waals surface area contributed by atoms with Crippen LogP contribution >= 0.6 is 11.8 Å². The van der Waals surface area contributed by atoms with Crippen molar-refractivity contribution in [2.24, 2.45) is 5.92 Å². The summed E-state index contributed by atoms with van der Waals surface area (Å²) in [5, 5.41) is 3.05. The summed E-state index contributed by atoms with van der Waals surface area (Å²) in [7, 11) is 0. The van der Waals surface area contributed by atoms with Crippen LogP contribution in [0.1, 0.15) is 45.1 Å². The number of fused-ring (bicyclic) bond motifs is 2. The van der Waals surface area contributed by atoms with Crippen molar-refractivity contribution in [3.05, 3.63) is 35.9 Å². The van der Waals surface area contributed by atoms with Crippen LogP contribution in [-0.2, 0) is 4.74 Å². The summed E-state index contributed by atoms with van der Waals surface area (Å²) in [4.78, 5) is 23.8. The number of anilines is 2. The Kier molecular flexibility index (Phi) is 7.26. The Morgan fingerprint density at radius 2 is 2.00 bits per heavy atom. The van der Waals surface area contributed by atoms with Gasteiger partial charge < -0.3 is 19.7 Å². The molecule has 2 saturated heterocycles. The number of hydrogen-bond acceptors (Lipinski definition) is 7. The van der Waals surface area contributed by atoms with Gasteiger partial charge in [0.25, 0.3) is 0 Å². The first-order chi connectivity index (χ1) is 15.9. The number of amides is 1. The van der Waals surface area contributed by atoms with Crippen molar-refractivity contribution in [1.29, 1.82) is 0 Å². The molecular formula is C24H31FN4O3S. The first-order valence-corrected chi connectivity index (χ1v) is 12.6.